The first kappa shape index (κ1) is 11.7. The summed E-state index contributed by atoms with van der Waals surface area (Å²) >= 11 is 0. The maximum Gasteiger partial charge on any atom is 0.337 e. The number of benzene rings is 1. The number of methoxy groups -OCH3 is 1. The Morgan fingerprint density at radius 2 is 2.00 bits per heavy atom. The molecule has 1 aromatic carbocycles. The number of ether oxygens (including phenoxy) is 1. The van der Waals surface area contributed by atoms with Crippen molar-refractivity contribution in [3.05, 3.63) is 35.9 Å². The number of hydrogen-bond donors (Lipinski definition) is 1. The number of aliphatic hydroxyl groups is 1. The van der Waals surface area contributed by atoms with E-state index in [2.05, 4.69) is 4.74 Å². The van der Waals surface area contributed by atoms with Gasteiger partial charge >= 0.3 is 5.97 Å². The highest BCUT2D eigenvalue weighted by Gasteiger charge is 2.18. The summed E-state index contributed by atoms with van der Waals surface area (Å²) in [6.45, 7) is 0.417. The first-order valence-electron chi connectivity index (χ1n) is 5.02. The highest BCUT2D eigenvalue weighted by molar-refractivity contribution is 5.89. The van der Waals surface area contributed by atoms with E-state index in [0.29, 0.717) is 18.1 Å². The second-order valence-electron chi connectivity index (χ2n) is 3.48. The fourth-order valence-electron chi connectivity index (χ4n) is 0.993. The zero-order chi connectivity index (χ0) is 11.1. The largest absolute Gasteiger partial charge is 0.465 e. The van der Waals surface area contributed by atoms with Crippen molar-refractivity contribution in [1.29, 1.82) is 0 Å². The predicted octanol–water partition coefficient (Wildman–Crippen LogP) is 1.86. The molecule has 0 amide bonds. The minimum Gasteiger partial charge on any atom is -0.465 e. The van der Waals surface area contributed by atoms with Crippen molar-refractivity contribution in [3.8, 4) is 0 Å². The van der Waals surface area contributed by atoms with Crippen LogP contribution in [0.2, 0.25) is 0 Å². The Morgan fingerprint density at radius 3 is 2.33 bits per heavy atom. The van der Waals surface area contributed by atoms with Gasteiger partial charge in [-0.25, -0.2) is 4.79 Å². The van der Waals surface area contributed by atoms with Crippen molar-refractivity contribution < 1.29 is 14.6 Å². The van der Waals surface area contributed by atoms with Crippen LogP contribution in [0.3, 0.4) is 0 Å². The van der Waals surface area contributed by atoms with Crippen LogP contribution in [0.4, 0.5) is 0 Å². The van der Waals surface area contributed by atoms with Crippen LogP contribution in [-0.4, -0.2) is 24.8 Å². The number of carbonyl (C=O) groups is 1. The molecule has 0 saturated heterocycles. The third kappa shape index (κ3) is 4.61. The van der Waals surface area contributed by atoms with E-state index in [1.54, 1.807) is 24.3 Å². The Hall–Kier alpha value is -1.35. The Kier molecular flexibility index (Phi) is 4.84. The van der Waals surface area contributed by atoms with Crippen molar-refractivity contribution in [2.45, 2.75) is 12.8 Å². The topological polar surface area (TPSA) is 46.5 Å². The Labute approximate surface area is 89.7 Å². The fourth-order valence-corrected chi connectivity index (χ4v) is 0.993. The third-order valence-electron chi connectivity index (χ3n) is 2.15. The molecule has 0 aromatic heterocycles. The zero-order valence-corrected chi connectivity index (χ0v) is 8.85. The van der Waals surface area contributed by atoms with E-state index < -0.39 is 0 Å². The Morgan fingerprint density at radius 1 is 1.40 bits per heavy atom. The SMILES string of the molecule is COC(=O)c1ccccc1.OCC1CC1. The summed E-state index contributed by atoms with van der Waals surface area (Å²) in [5, 5.41) is 8.21. The van der Waals surface area contributed by atoms with Crippen LogP contribution in [0.25, 0.3) is 0 Å². The molecular weight excluding hydrogens is 192 g/mol. The number of hydrogen-bond acceptors (Lipinski definition) is 3. The van der Waals surface area contributed by atoms with Crippen molar-refractivity contribution in [1.82, 2.24) is 0 Å². The van der Waals surface area contributed by atoms with Crippen LogP contribution in [0.5, 0.6) is 0 Å². The van der Waals surface area contributed by atoms with Crippen molar-refractivity contribution >= 4 is 5.97 Å². The summed E-state index contributed by atoms with van der Waals surface area (Å²) in [4.78, 5) is 10.8. The molecule has 1 aliphatic rings. The average Bonchev–Trinajstić information content (AvgIpc) is 3.13. The molecule has 1 aliphatic carbocycles. The summed E-state index contributed by atoms with van der Waals surface area (Å²) in [7, 11) is 1.37. The summed E-state index contributed by atoms with van der Waals surface area (Å²) in [5.41, 5.74) is 0.588. The molecule has 1 fully saturated rings. The molecule has 82 valence electrons. The molecule has 1 aromatic rings. The van der Waals surface area contributed by atoms with Gasteiger partial charge in [0.05, 0.1) is 12.7 Å². The van der Waals surface area contributed by atoms with Gasteiger partial charge < -0.3 is 9.84 Å². The highest BCUT2D eigenvalue weighted by atomic mass is 16.5. The second kappa shape index (κ2) is 6.19. The fraction of sp³-hybridized carbons (Fsp3) is 0.417. The van der Waals surface area contributed by atoms with E-state index >= 15 is 0 Å². The zero-order valence-electron chi connectivity index (χ0n) is 8.85. The number of esters is 1. The van der Waals surface area contributed by atoms with E-state index in [1.807, 2.05) is 6.07 Å². The van der Waals surface area contributed by atoms with Crippen LogP contribution < -0.4 is 0 Å². The van der Waals surface area contributed by atoms with Gasteiger partial charge in [-0.15, -0.1) is 0 Å². The van der Waals surface area contributed by atoms with Crippen molar-refractivity contribution in [2.24, 2.45) is 5.92 Å². The minimum atomic E-state index is -0.291. The molecule has 1 saturated carbocycles. The predicted molar refractivity (Wildman–Crippen MR) is 57.6 cm³/mol. The first-order chi connectivity index (χ1) is 7.27. The van der Waals surface area contributed by atoms with Crippen molar-refractivity contribution in [2.75, 3.05) is 13.7 Å². The lowest BCUT2D eigenvalue weighted by Gasteiger charge is -1.95. The molecule has 3 heteroatoms. The molecule has 0 aliphatic heterocycles. The Balaban J connectivity index is 0.000000187. The molecule has 0 radical (unpaired) electrons. The molecule has 2 rings (SSSR count). The summed E-state index contributed by atoms with van der Waals surface area (Å²) < 4.78 is 4.50. The van der Waals surface area contributed by atoms with E-state index in [-0.39, 0.29) is 5.97 Å². The van der Waals surface area contributed by atoms with Gasteiger partial charge in [0.15, 0.2) is 0 Å². The van der Waals surface area contributed by atoms with Crippen LogP contribution in [0, 0.1) is 5.92 Å². The summed E-state index contributed by atoms with van der Waals surface area (Å²) in [6.07, 6.45) is 2.52. The molecule has 0 spiro atoms. The summed E-state index contributed by atoms with van der Waals surface area (Å²) in [5.74, 6) is 0.399. The summed E-state index contributed by atoms with van der Waals surface area (Å²) in [6, 6.07) is 8.88. The van der Waals surface area contributed by atoms with E-state index in [9.17, 15) is 4.79 Å². The van der Waals surface area contributed by atoms with Gasteiger partial charge in [0, 0.05) is 6.61 Å². The number of rotatable bonds is 2. The normalized spacial score (nSPS) is 13.7. The van der Waals surface area contributed by atoms with Gasteiger partial charge in [0.1, 0.15) is 0 Å². The highest BCUT2D eigenvalue weighted by Crippen LogP contribution is 2.27. The monoisotopic (exact) mass is 208 g/mol. The van der Waals surface area contributed by atoms with Crippen molar-refractivity contribution in [3.63, 3.8) is 0 Å². The Bertz CT molecular complexity index is 291. The van der Waals surface area contributed by atoms with E-state index in [4.69, 9.17) is 5.11 Å². The van der Waals surface area contributed by atoms with Crippen LogP contribution in [0.15, 0.2) is 30.3 Å². The third-order valence-corrected chi connectivity index (χ3v) is 2.15. The van der Waals surface area contributed by atoms with Crippen LogP contribution in [-0.2, 0) is 4.74 Å². The average molecular weight is 208 g/mol. The maximum absolute atomic E-state index is 10.8. The molecule has 0 unspecified atom stereocenters. The second-order valence-corrected chi connectivity index (χ2v) is 3.48. The lowest BCUT2D eigenvalue weighted by Crippen LogP contribution is -1.99. The molecule has 0 bridgehead atoms. The molecule has 0 atom stereocenters. The quantitative estimate of drug-likeness (QED) is 0.754. The van der Waals surface area contributed by atoms with Gasteiger partial charge in [0.2, 0.25) is 0 Å². The van der Waals surface area contributed by atoms with Crippen LogP contribution >= 0.6 is 0 Å². The standard InChI is InChI=1S/C8H8O2.C4H8O/c1-10-8(9)7-5-3-2-4-6-7;5-3-4-1-2-4/h2-6H,1H3;4-5H,1-3H2. The molecule has 0 heterocycles. The molecule has 3 nitrogen and oxygen atoms in total. The molecule has 15 heavy (non-hydrogen) atoms. The molecular formula is C12H16O3. The van der Waals surface area contributed by atoms with Gasteiger partial charge in [-0.2, -0.15) is 0 Å². The van der Waals surface area contributed by atoms with Gasteiger partial charge in [-0.1, -0.05) is 18.2 Å². The minimum absolute atomic E-state index is 0.291. The number of carbonyl (C=O) groups excluding carboxylic acids is 1. The van der Waals surface area contributed by atoms with Gasteiger partial charge in [-0.3, -0.25) is 0 Å². The number of aliphatic hydroxyl groups excluding tert-OH is 1. The van der Waals surface area contributed by atoms with E-state index in [1.165, 1.54) is 20.0 Å². The van der Waals surface area contributed by atoms with Gasteiger partial charge in [-0.05, 0) is 30.9 Å². The molecule has 1 N–H and O–H groups in total. The van der Waals surface area contributed by atoms with Gasteiger partial charge in [0.25, 0.3) is 0 Å². The smallest absolute Gasteiger partial charge is 0.337 e. The lowest BCUT2D eigenvalue weighted by atomic mass is 10.2. The lowest BCUT2D eigenvalue weighted by molar-refractivity contribution is 0.0600. The van der Waals surface area contributed by atoms with E-state index in [0.717, 1.165) is 0 Å². The van der Waals surface area contributed by atoms with Crippen LogP contribution in [0.1, 0.15) is 23.2 Å². The maximum atomic E-state index is 10.8. The first-order valence-corrected chi connectivity index (χ1v) is 5.02.